The summed E-state index contributed by atoms with van der Waals surface area (Å²) in [5, 5.41) is 10.3. The lowest BCUT2D eigenvalue weighted by molar-refractivity contribution is -0.384. The van der Waals surface area contributed by atoms with E-state index >= 15 is 0 Å². The van der Waals surface area contributed by atoms with Gasteiger partial charge in [-0.15, -0.1) is 4.58 Å². The zero-order valence-electron chi connectivity index (χ0n) is 7.71. The number of hydrogen-bond donors (Lipinski definition) is 0. The molecule has 0 radical (unpaired) electrons. The highest BCUT2D eigenvalue weighted by molar-refractivity contribution is 6.23. The lowest BCUT2D eigenvalue weighted by atomic mass is 10.2. The SMILES string of the molecule is CON(Cl)C(=O)c1ccc([N+](=O)[O-])cc1. The summed E-state index contributed by atoms with van der Waals surface area (Å²) in [5.41, 5.74) is 0.113. The van der Waals surface area contributed by atoms with E-state index in [2.05, 4.69) is 4.84 Å². The molecule has 0 aliphatic carbocycles. The molecule has 0 heterocycles. The predicted molar refractivity (Wildman–Crippen MR) is 52.1 cm³/mol. The number of rotatable bonds is 3. The van der Waals surface area contributed by atoms with E-state index in [4.69, 9.17) is 11.8 Å². The van der Waals surface area contributed by atoms with Crippen LogP contribution in [0.5, 0.6) is 0 Å². The van der Waals surface area contributed by atoms with Crippen LogP contribution in [0.2, 0.25) is 0 Å². The Morgan fingerprint density at radius 2 is 2.00 bits per heavy atom. The van der Waals surface area contributed by atoms with Gasteiger partial charge in [-0.1, -0.05) is 0 Å². The average Bonchev–Trinajstić information content (AvgIpc) is 2.27. The van der Waals surface area contributed by atoms with E-state index < -0.39 is 10.8 Å². The van der Waals surface area contributed by atoms with Crippen LogP contribution in [0.3, 0.4) is 0 Å². The zero-order valence-corrected chi connectivity index (χ0v) is 8.47. The van der Waals surface area contributed by atoms with Gasteiger partial charge in [0.15, 0.2) is 0 Å². The van der Waals surface area contributed by atoms with Crippen molar-refractivity contribution in [3.05, 3.63) is 39.9 Å². The second-order valence-electron chi connectivity index (χ2n) is 2.54. The molecule has 15 heavy (non-hydrogen) atoms. The van der Waals surface area contributed by atoms with Crippen LogP contribution < -0.4 is 0 Å². The molecule has 0 saturated carbocycles. The monoisotopic (exact) mass is 230 g/mol. The van der Waals surface area contributed by atoms with Gasteiger partial charge in [-0.05, 0) is 12.1 Å². The van der Waals surface area contributed by atoms with Gasteiger partial charge in [0.1, 0.15) is 0 Å². The molecule has 0 saturated heterocycles. The van der Waals surface area contributed by atoms with Crippen molar-refractivity contribution in [1.82, 2.24) is 4.58 Å². The Hall–Kier alpha value is -1.66. The van der Waals surface area contributed by atoms with Gasteiger partial charge in [0.05, 0.1) is 12.0 Å². The number of hydrogen-bond acceptors (Lipinski definition) is 4. The van der Waals surface area contributed by atoms with Crippen LogP contribution in [0.1, 0.15) is 10.4 Å². The van der Waals surface area contributed by atoms with E-state index in [-0.39, 0.29) is 11.3 Å². The van der Waals surface area contributed by atoms with Crippen LogP contribution in [-0.4, -0.2) is 22.5 Å². The molecule has 0 aliphatic rings. The summed E-state index contributed by atoms with van der Waals surface area (Å²) in [6.07, 6.45) is 0. The first-order valence-corrected chi connectivity index (χ1v) is 4.19. The Kier molecular flexibility index (Phi) is 3.59. The summed E-state index contributed by atoms with van der Waals surface area (Å²) in [6, 6.07) is 5.03. The number of benzene rings is 1. The summed E-state index contributed by atoms with van der Waals surface area (Å²) >= 11 is 5.38. The van der Waals surface area contributed by atoms with E-state index in [9.17, 15) is 14.9 Å². The highest BCUT2D eigenvalue weighted by Gasteiger charge is 2.14. The maximum absolute atomic E-state index is 11.4. The molecular formula is C8H7ClN2O4. The molecule has 0 bridgehead atoms. The van der Waals surface area contributed by atoms with Crippen molar-refractivity contribution in [2.24, 2.45) is 0 Å². The standard InChI is InChI=1S/C8H7ClN2O4/c1-15-10(9)8(12)6-2-4-7(5-3-6)11(13)14/h2-5H,1H3. The van der Waals surface area contributed by atoms with Crippen LogP contribution in [0.25, 0.3) is 0 Å². The quantitative estimate of drug-likeness (QED) is 0.451. The summed E-state index contributed by atoms with van der Waals surface area (Å²) in [6.45, 7) is 0. The number of nitro benzene ring substituents is 1. The Bertz CT molecular complexity index is 379. The summed E-state index contributed by atoms with van der Waals surface area (Å²) < 4.78 is 0.515. The number of nitro groups is 1. The molecule has 0 N–H and O–H groups in total. The fourth-order valence-corrected chi connectivity index (χ4v) is 1.01. The summed E-state index contributed by atoms with van der Waals surface area (Å²) in [7, 11) is 1.23. The third-order valence-electron chi connectivity index (χ3n) is 1.65. The van der Waals surface area contributed by atoms with Gasteiger partial charge in [0.2, 0.25) is 0 Å². The van der Waals surface area contributed by atoms with Crippen molar-refractivity contribution in [3.63, 3.8) is 0 Å². The number of nitrogens with zero attached hydrogens (tertiary/aromatic N) is 2. The minimum Gasteiger partial charge on any atom is -0.265 e. The topological polar surface area (TPSA) is 72.7 Å². The molecular weight excluding hydrogens is 224 g/mol. The van der Waals surface area contributed by atoms with Gasteiger partial charge < -0.3 is 0 Å². The number of carbonyl (C=O) groups is 1. The Balaban J connectivity index is 2.89. The Morgan fingerprint density at radius 1 is 1.47 bits per heavy atom. The molecule has 1 aromatic rings. The first kappa shape index (κ1) is 11.4. The maximum atomic E-state index is 11.4. The van der Waals surface area contributed by atoms with Gasteiger partial charge in [-0.2, -0.15) is 0 Å². The highest BCUT2D eigenvalue weighted by atomic mass is 35.5. The van der Waals surface area contributed by atoms with Crippen molar-refractivity contribution in [2.75, 3.05) is 7.11 Å². The van der Waals surface area contributed by atoms with Gasteiger partial charge in [-0.25, -0.2) is 0 Å². The average molecular weight is 231 g/mol. The van der Waals surface area contributed by atoms with Crippen molar-refractivity contribution >= 4 is 23.4 Å². The fourth-order valence-electron chi connectivity index (χ4n) is 0.910. The largest absolute Gasteiger partial charge is 0.292 e. The molecule has 0 fully saturated rings. The molecule has 0 atom stereocenters. The number of halogens is 1. The van der Waals surface area contributed by atoms with E-state index in [0.717, 1.165) is 0 Å². The number of amides is 1. The minimum absolute atomic E-state index is 0.0925. The Morgan fingerprint density at radius 3 is 2.40 bits per heavy atom. The van der Waals surface area contributed by atoms with Gasteiger partial charge in [0.25, 0.3) is 11.6 Å². The van der Waals surface area contributed by atoms with Crippen LogP contribution in [0.4, 0.5) is 5.69 Å². The second-order valence-corrected chi connectivity index (χ2v) is 2.84. The molecule has 0 aromatic heterocycles. The van der Waals surface area contributed by atoms with Crippen molar-refractivity contribution in [3.8, 4) is 0 Å². The van der Waals surface area contributed by atoms with E-state index in [1.54, 1.807) is 0 Å². The van der Waals surface area contributed by atoms with Crippen LogP contribution in [0, 0.1) is 10.1 Å². The first-order chi connectivity index (χ1) is 7.06. The third kappa shape index (κ3) is 2.64. The Labute approximate surface area is 90.2 Å². The number of carbonyl (C=O) groups excluding carboxylic acids is 1. The molecule has 1 aromatic carbocycles. The molecule has 80 valence electrons. The normalized spacial score (nSPS) is 9.73. The molecule has 6 nitrogen and oxygen atoms in total. The van der Waals surface area contributed by atoms with Crippen LogP contribution >= 0.6 is 11.8 Å². The third-order valence-corrected chi connectivity index (χ3v) is 1.94. The zero-order chi connectivity index (χ0) is 11.4. The van der Waals surface area contributed by atoms with Gasteiger partial charge >= 0.3 is 0 Å². The molecule has 1 amide bonds. The van der Waals surface area contributed by atoms with Crippen molar-refractivity contribution < 1.29 is 14.6 Å². The predicted octanol–water partition coefficient (Wildman–Crippen LogP) is 1.75. The first-order valence-electron chi connectivity index (χ1n) is 3.85. The maximum Gasteiger partial charge on any atom is 0.292 e. The van der Waals surface area contributed by atoms with E-state index in [1.165, 1.54) is 31.4 Å². The van der Waals surface area contributed by atoms with Gasteiger partial charge in [-0.3, -0.25) is 19.7 Å². The van der Waals surface area contributed by atoms with Crippen molar-refractivity contribution in [1.29, 1.82) is 0 Å². The molecule has 0 aliphatic heterocycles. The summed E-state index contributed by atoms with van der Waals surface area (Å²) in [5.74, 6) is -0.589. The fraction of sp³-hybridized carbons (Fsp3) is 0.125. The minimum atomic E-state index is -0.589. The van der Waals surface area contributed by atoms with Crippen molar-refractivity contribution in [2.45, 2.75) is 0 Å². The highest BCUT2D eigenvalue weighted by Crippen LogP contribution is 2.14. The van der Waals surface area contributed by atoms with E-state index in [0.29, 0.717) is 4.58 Å². The lowest BCUT2D eigenvalue weighted by Crippen LogP contribution is -2.19. The lowest BCUT2D eigenvalue weighted by Gasteiger charge is -2.09. The second kappa shape index (κ2) is 4.72. The molecule has 7 heteroatoms. The van der Waals surface area contributed by atoms with E-state index in [1.807, 2.05) is 0 Å². The molecule has 0 unspecified atom stereocenters. The number of non-ortho nitro benzene ring substituents is 1. The molecule has 1 rings (SSSR count). The number of hydroxylamine groups is 1. The van der Waals surface area contributed by atoms with Crippen LogP contribution in [0.15, 0.2) is 24.3 Å². The smallest absolute Gasteiger partial charge is 0.265 e. The van der Waals surface area contributed by atoms with Crippen LogP contribution in [-0.2, 0) is 4.84 Å². The van der Waals surface area contributed by atoms with Gasteiger partial charge in [0, 0.05) is 29.5 Å². The summed E-state index contributed by atoms with van der Waals surface area (Å²) in [4.78, 5) is 25.6. The molecule has 0 spiro atoms.